The van der Waals surface area contributed by atoms with Crippen molar-refractivity contribution < 1.29 is 4.74 Å². The number of halogens is 1. The highest BCUT2D eigenvalue weighted by molar-refractivity contribution is 6.31. The molecule has 0 amide bonds. The fraction of sp³-hybridized carbons (Fsp3) is 0.412. The molecule has 3 rings (SSSR count). The van der Waals surface area contributed by atoms with Crippen LogP contribution in [-0.4, -0.2) is 30.2 Å². The quantitative estimate of drug-likeness (QED) is 0.910. The highest BCUT2D eigenvalue weighted by Gasteiger charge is 2.15. The second-order valence-electron chi connectivity index (χ2n) is 5.71. The van der Waals surface area contributed by atoms with Crippen molar-refractivity contribution in [1.29, 1.82) is 0 Å². The molecule has 0 bridgehead atoms. The van der Waals surface area contributed by atoms with Gasteiger partial charge in [-0.1, -0.05) is 11.6 Å². The molecule has 6 heteroatoms. The number of aromatic nitrogens is 2. The first-order chi connectivity index (χ1) is 11.2. The number of hydrogen-bond acceptors (Lipinski definition) is 5. The van der Waals surface area contributed by atoms with Crippen LogP contribution in [0, 0.1) is 6.92 Å². The van der Waals surface area contributed by atoms with Gasteiger partial charge in [-0.2, -0.15) is 4.98 Å². The van der Waals surface area contributed by atoms with E-state index in [9.17, 15) is 0 Å². The van der Waals surface area contributed by atoms with Crippen molar-refractivity contribution in [3.63, 3.8) is 0 Å². The van der Waals surface area contributed by atoms with E-state index in [1.54, 1.807) is 13.2 Å². The summed E-state index contributed by atoms with van der Waals surface area (Å²) in [5.74, 6) is 2.26. The summed E-state index contributed by atoms with van der Waals surface area (Å²) in [4.78, 5) is 11.5. The highest BCUT2D eigenvalue weighted by atomic mass is 35.5. The summed E-state index contributed by atoms with van der Waals surface area (Å²) < 4.78 is 5.37. The number of piperidine rings is 1. The number of nitrogens with one attached hydrogen (secondary N) is 1. The minimum Gasteiger partial charge on any atom is -0.495 e. The molecule has 0 aliphatic carbocycles. The van der Waals surface area contributed by atoms with Crippen LogP contribution < -0.4 is 15.0 Å². The van der Waals surface area contributed by atoms with Crippen molar-refractivity contribution in [2.24, 2.45) is 0 Å². The summed E-state index contributed by atoms with van der Waals surface area (Å²) in [5.41, 5.74) is 1.73. The molecule has 0 atom stereocenters. The SMILES string of the molecule is COc1ccc(Cl)cc1Nc1cc(C)nc(N2CCCCC2)n1. The maximum atomic E-state index is 6.09. The second-order valence-corrected chi connectivity index (χ2v) is 6.15. The first kappa shape index (κ1) is 15.9. The zero-order valence-electron chi connectivity index (χ0n) is 13.5. The lowest BCUT2D eigenvalue weighted by atomic mass is 10.1. The zero-order valence-corrected chi connectivity index (χ0v) is 14.2. The zero-order chi connectivity index (χ0) is 16.2. The van der Waals surface area contributed by atoms with Crippen LogP contribution in [0.3, 0.4) is 0 Å². The van der Waals surface area contributed by atoms with Gasteiger partial charge in [-0.3, -0.25) is 0 Å². The van der Waals surface area contributed by atoms with E-state index in [2.05, 4.69) is 20.2 Å². The van der Waals surface area contributed by atoms with Crippen molar-refractivity contribution >= 4 is 29.1 Å². The third-order valence-electron chi connectivity index (χ3n) is 3.91. The van der Waals surface area contributed by atoms with Crippen molar-refractivity contribution in [2.75, 3.05) is 30.4 Å². The van der Waals surface area contributed by atoms with E-state index < -0.39 is 0 Å². The number of hydrogen-bond donors (Lipinski definition) is 1. The van der Waals surface area contributed by atoms with Crippen LogP contribution >= 0.6 is 11.6 Å². The predicted octanol–water partition coefficient (Wildman–Crippen LogP) is 4.18. The molecule has 5 nitrogen and oxygen atoms in total. The maximum Gasteiger partial charge on any atom is 0.227 e. The van der Waals surface area contributed by atoms with E-state index in [0.717, 1.165) is 42.0 Å². The largest absolute Gasteiger partial charge is 0.495 e. The minimum atomic E-state index is 0.648. The normalized spacial score (nSPS) is 14.7. The summed E-state index contributed by atoms with van der Waals surface area (Å²) in [7, 11) is 1.64. The molecule has 1 aromatic carbocycles. The van der Waals surface area contributed by atoms with Crippen molar-refractivity contribution in [3.05, 3.63) is 35.0 Å². The summed E-state index contributed by atoms with van der Waals surface area (Å²) in [6, 6.07) is 7.40. The third kappa shape index (κ3) is 3.85. The number of ether oxygens (including phenoxy) is 1. The summed E-state index contributed by atoms with van der Waals surface area (Å²) in [6.07, 6.45) is 3.68. The molecule has 1 aromatic heterocycles. The Balaban J connectivity index is 1.88. The molecule has 1 aliphatic rings. The van der Waals surface area contributed by atoms with Crippen LogP contribution in [0.2, 0.25) is 5.02 Å². The van der Waals surface area contributed by atoms with Crippen LogP contribution in [-0.2, 0) is 0 Å². The minimum absolute atomic E-state index is 0.648. The molecule has 1 N–H and O–H groups in total. The lowest BCUT2D eigenvalue weighted by molar-refractivity contribution is 0.417. The molecule has 0 radical (unpaired) electrons. The number of anilines is 3. The number of nitrogens with zero attached hydrogens (tertiary/aromatic N) is 3. The topological polar surface area (TPSA) is 50.3 Å². The van der Waals surface area contributed by atoms with Gasteiger partial charge < -0.3 is 15.0 Å². The van der Waals surface area contributed by atoms with E-state index in [4.69, 9.17) is 16.3 Å². The van der Waals surface area contributed by atoms with Crippen LogP contribution in [0.5, 0.6) is 5.75 Å². The molecule has 0 spiro atoms. The Morgan fingerprint density at radius 3 is 2.65 bits per heavy atom. The van der Waals surface area contributed by atoms with Crippen molar-refractivity contribution in [1.82, 2.24) is 9.97 Å². The molecule has 0 saturated carbocycles. The Morgan fingerprint density at radius 2 is 1.91 bits per heavy atom. The van der Waals surface area contributed by atoms with E-state index in [1.807, 2.05) is 25.1 Å². The highest BCUT2D eigenvalue weighted by Crippen LogP contribution is 2.30. The Kier molecular flexibility index (Phi) is 4.86. The van der Waals surface area contributed by atoms with Gasteiger partial charge in [-0.05, 0) is 44.4 Å². The van der Waals surface area contributed by atoms with Gasteiger partial charge in [0.05, 0.1) is 12.8 Å². The molecule has 1 fully saturated rings. The van der Waals surface area contributed by atoms with E-state index in [-0.39, 0.29) is 0 Å². The monoisotopic (exact) mass is 332 g/mol. The Morgan fingerprint density at radius 1 is 1.13 bits per heavy atom. The number of benzene rings is 1. The maximum absolute atomic E-state index is 6.09. The summed E-state index contributed by atoms with van der Waals surface area (Å²) >= 11 is 6.09. The fourth-order valence-corrected chi connectivity index (χ4v) is 2.94. The van der Waals surface area contributed by atoms with E-state index in [0.29, 0.717) is 5.02 Å². The predicted molar refractivity (Wildman–Crippen MR) is 94.1 cm³/mol. The van der Waals surface area contributed by atoms with Gasteiger partial charge in [0.15, 0.2) is 0 Å². The van der Waals surface area contributed by atoms with Gasteiger partial charge in [0, 0.05) is 29.9 Å². The molecule has 2 aromatic rings. The summed E-state index contributed by atoms with van der Waals surface area (Å²) in [5, 5.41) is 3.95. The Hall–Kier alpha value is -2.01. The first-order valence-electron chi connectivity index (χ1n) is 7.87. The van der Waals surface area contributed by atoms with Gasteiger partial charge in [0.1, 0.15) is 11.6 Å². The smallest absolute Gasteiger partial charge is 0.227 e. The molecular formula is C17H21ClN4O. The van der Waals surface area contributed by atoms with Gasteiger partial charge in [0.2, 0.25) is 5.95 Å². The average molecular weight is 333 g/mol. The van der Waals surface area contributed by atoms with E-state index >= 15 is 0 Å². The molecule has 2 heterocycles. The van der Waals surface area contributed by atoms with Gasteiger partial charge in [-0.15, -0.1) is 0 Å². The van der Waals surface area contributed by atoms with Gasteiger partial charge in [0.25, 0.3) is 0 Å². The summed E-state index contributed by atoms with van der Waals surface area (Å²) in [6.45, 7) is 4.02. The molecule has 23 heavy (non-hydrogen) atoms. The lowest BCUT2D eigenvalue weighted by Gasteiger charge is -2.27. The standard InChI is InChI=1S/C17H21ClN4O/c1-12-10-16(20-14-11-13(18)6-7-15(14)23-2)21-17(19-12)22-8-4-3-5-9-22/h6-7,10-11H,3-5,8-9H2,1-2H3,(H,19,20,21). The van der Waals surface area contributed by atoms with Crippen LogP contribution in [0.25, 0.3) is 0 Å². The van der Waals surface area contributed by atoms with E-state index in [1.165, 1.54) is 19.3 Å². The van der Waals surface area contributed by atoms with Gasteiger partial charge >= 0.3 is 0 Å². The number of aryl methyl sites for hydroxylation is 1. The molecule has 1 aliphatic heterocycles. The number of rotatable bonds is 4. The third-order valence-corrected chi connectivity index (χ3v) is 4.14. The van der Waals surface area contributed by atoms with Crippen molar-refractivity contribution in [2.45, 2.75) is 26.2 Å². The van der Waals surface area contributed by atoms with Crippen LogP contribution in [0.15, 0.2) is 24.3 Å². The lowest BCUT2D eigenvalue weighted by Crippen LogP contribution is -2.31. The molecule has 1 saturated heterocycles. The van der Waals surface area contributed by atoms with Gasteiger partial charge in [-0.25, -0.2) is 4.98 Å². The molecule has 122 valence electrons. The Bertz CT molecular complexity index is 686. The molecular weight excluding hydrogens is 312 g/mol. The molecule has 0 unspecified atom stereocenters. The average Bonchev–Trinajstić information content (AvgIpc) is 2.55. The first-order valence-corrected chi connectivity index (χ1v) is 8.25. The van der Waals surface area contributed by atoms with Crippen LogP contribution in [0.4, 0.5) is 17.5 Å². The number of methoxy groups -OCH3 is 1. The van der Waals surface area contributed by atoms with Crippen LogP contribution in [0.1, 0.15) is 25.0 Å². The second kappa shape index (κ2) is 7.04. The Labute approximate surface area is 141 Å². The fourth-order valence-electron chi connectivity index (χ4n) is 2.77. The van der Waals surface area contributed by atoms with Crippen molar-refractivity contribution in [3.8, 4) is 5.75 Å².